The number of nitrogens with zero attached hydrogens (tertiary/aromatic N) is 2. The number of fused-ring (bicyclic) bond motifs is 2. The molecule has 28 heavy (non-hydrogen) atoms. The van der Waals surface area contributed by atoms with E-state index in [-0.39, 0.29) is 17.2 Å². The third kappa shape index (κ3) is 3.02. The van der Waals surface area contributed by atoms with Crippen molar-refractivity contribution in [3.05, 3.63) is 48.2 Å². The van der Waals surface area contributed by atoms with Gasteiger partial charge in [-0.3, -0.25) is 9.59 Å². The van der Waals surface area contributed by atoms with Gasteiger partial charge in [-0.15, -0.1) is 0 Å². The summed E-state index contributed by atoms with van der Waals surface area (Å²) in [5.74, 6) is 0.753. The average molecular weight is 380 g/mol. The quantitative estimate of drug-likeness (QED) is 0.860. The molecule has 0 bridgehead atoms. The van der Waals surface area contributed by atoms with Crippen LogP contribution < -0.4 is 15.5 Å². The summed E-state index contributed by atoms with van der Waals surface area (Å²) in [5.41, 5.74) is 1.33. The van der Waals surface area contributed by atoms with Crippen molar-refractivity contribution in [3.8, 4) is 0 Å². The first-order valence-electron chi connectivity index (χ1n) is 9.78. The van der Waals surface area contributed by atoms with Crippen molar-refractivity contribution in [1.82, 2.24) is 9.88 Å². The summed E-state index contributed by atoms with van der Waals surface area (Å²) < 4.78 is 1.86. The Balaban J connectivity index is 1.60. The van der Waals surface area contributed by atoms with Crippen molar-refractivity contribution in [3.63, 3.8) is 0 Å². The first-order chi connectivity index (χ1) is 13.2. The molecule has 1 fully saturated rings. The Bertz CT molecular complexity index is 927. The van der Waals surface area contributed by atoms with Gasteiger partial charge < -0.3 is 20.1 Å². The second-order valence-electron chi connectivity index (χ2n) is 9.18. The topological polar surface area (TPSA) is 66.4 Å². The largest absolute Gasteiger partial charge is 0.338 e. The van der Waals surface area contributed by atoms with Gasteiger partial charge in [0, 0.05) is 32.0 Å². The number of hydrogen-bond acceptors (Lipinski definition) is 3. The van der Waals surface area contributed by atoms with Gasteiger partial charge >= 0.3 is 0 Å². The van der Waals surface area contributed by atoms with Crippen LogP contribution in [0.25, 0.3) is 0 Å². The second kappa shape index (κ2) is 6.48. The molecule has 2 unspecified atom stereocenters. The lowest BCUT2D eigenvalue weighted by atomic mass is 9.79. The molecule has 148 valence electrons. The normalized spacial score (nSPS) is 24.1. The fourth-order valence-corrected chi connectivity index (χ4v) is 4.38. The highest BCUT2D eigenvalue weighted by Gasteiger charge is 2.56. The number of benzene rings is 1. The van der Waals surface area contributed by atoms with Gasteiger partial charge in [0.2, 0.25) is 11.8 Å². The molecule has 1 aromatic heterocycles. The zero-order chi connectivity index (χ0) is 20.1. The molecule has 2 aromatic rings. The molecule has 2 aliphatic rings. The van der Waals surface area contributed by atoms with Gasteiger partial charge in [-0.1, -0.05) is 39.0 Å². The van der Waals surface area contributed by atoms with Crippen LogP contribution in [0.1, 0.15) is 32.8 Å². The predicted octanol–water partition coefficient (Wildman–Crippen LogP) is 2.66. The molecule has 1 spiro atoms. The van der Waals surface area contributed by atoms with Gasteiger partial charge in [0.1, 0.15) is 5.82 Å². The zero-order valence-electron chi connectivity index (χ0n) is 17.0. The Morgan fingerprint density at radius 1 is 1.25 bits per heavy atom. The fourth-order valence-electron chi connectivity index (χ4n) is 4.38. The molecule has 0 radical (unpaired) electrons. The molecule has 1 aromatic carbocycles. The van der Waals surface area contributed by atoms with Gasteiger partial charge in [-0.05, 0) is 35.6 Å². The number of carbonyl (C=O) groups is 2. The minimum Gasteiger partial charge on any atom is -0.338 e. The van der Waals surface area contributed by atoms with E-state index in [4.69, 9.17) is 0 Å². The molecular weight excluding hydrogens is 352 g/mol. The Morgan fingerprint density at radius 3 is 2.68 bits per heavy atom. The van der Waals surface area contributed by atoms with E-state index in [2.05, 4.69) is 31.4 Å². The Labute approximate surface area is 165 Å². The molecule has 6 heteroatoms. The van der Waals surface area contributed by atoms with Crippen molar-refractivity contribution >= 4 is 23.3 Å². The highest BCUT2D eigenvalue weighted by atomic mass is 16.2. The number of aryl methyl sites for hydroxylation is 1. The summed E-state index contributed by atoms with van der Waals surface area (Å²) in [5, 5.41) is 6.27. The van der Waals surface area contributed by atoms with Gasteiger partial charge in [-0.25, -0.2) is 0 Å². The third-order valence-electron chi connectivity index (χ3n) is 5.71. The van der Waals surface area contributed by atoms with Crippen LogP contribution in [0, 0.1) is 5.41 Å². The van der Waals surface area contributed by atoms with Gasteiger partial charge in [0.25, 0.3) is 0 Å². The average Bonchev–Trinajstić information content (AvgIpc) is 3.31. The van der Waals surface area contributed by atoms with Crippen LogP contribution in [-0.2, 0) is 22.1 Å². The molecule has 0 saturated carbocycles. The van der Waals surface area contributed by atoms with Crippen molar-refractivity contribution in [2.24, 2.45) is 12.5 Å². The first-order valence-corrected chi connectivity index (χ1v) is 9.78. The number of anilines is 2. The predicted molar refractivity (Wildman–Crippen MR) is 110 cm³/mol. The number of para-hydroxylation sites is 1. The molecule has 1 saturated heterocycles. The van der Waals surface area contributed by atoms with Crippen molar-refractivity contribution in [2.75, 3.05) is 23.3 Å². The molecular formula is C22H28N4O2. The minimum atomic E-state index is -0.669. The molecule has 2 N–H and O–H groups in total. The van der Waals surface area contributed by atoms with Gasteiger partial charge in [0.05, 0.1) is 11.5 Å². The lowest BCUT2D eigenvalue weighted by molar-refractivity contribution is -0.123. The maximum absolute atomic E-state index is 13.6. The van der Waals surface area contributed by atoms with E-state index in [9.17, 15) is 9.59 Å². The smallest absolute Gasteiger partial charge is 0.242 e. The van der Waals surface area contributed by atoms with E-state index in [0.29, 0.717) is 19.5 Å². The lowest BCUT2D eigenvalue weighted by Gasteiger charge is -2.29. The van der Waals surface area contributed by atoms with Crippen molar-refractivity contribution in [1.29, 1.82) is 0 Å². The van der Waals surface area contributed by atoms with E-state index in [1.807, 2.05) is 59.1 Å². The van der Waals surface area contributed by atoms with Gasteiger partial charge in [-0.2, -0.15) is 0 Å². The number of hydrogen-bond donors (Lipinski definition) is 2. The standard InChI is InChI=1S/C22H28N4O2/c1-21(2,3)14-26-17-9-6-5-8-15(17)22(20(26)28)12-16(23-13-22)19(27)24-18-10-7-11-25(18)4/h5-11,16,23H,12-14H2,1-4H3,(H,24,27). The molecule has 0 aliphatic carbocycles. The SMILES string of the molecule is Cn1cccc1NC(=O)C1CC2(CN1)C(=O)N(CC(C)(C)C)c1ccccc12. The molecule has 6 nitrogen and oxygen atoms in total. The summed E-state index contributed by atoms with van der Waals surface area (Å²) in [6.07, 6.45) is 2.36. The fraction of sp³-hybridized carbons (Fsp3) is 0.455. The number of nitrogens with one attached hydrogen (secondary N) is 2. The highest BCUT2D eigenvalue weighted by molar-refractivity contribution is 6.09. The Hall–Kier alpha value is -2.60. The van der Waals surface area contributed by atoms with Crippen LogP contribution >= 0.6 is 0 Å². The third-order valence-corrected chi connectivity index (χ3v) is 5.71. The van der Waals surface area contributed by atoms with E-state index in [1.54, 1.807) is 0 Å². The molecule has 3 heterocycles. The van der Waals surface area contributed by atoms with Crippen molar-refractivity contribution < 1.29 is 9.59 Å². The van der Waals surface area contributed by atoms with Crippen LogP contribution in [0.3, 0.4) is 0 Å². The van der Waals surface area contributed by atoms with E-state index < -0.39 is 11.5 Å². The van der Waals surface area contributed by atoms with Crippen molar-refractivity contribution in [2.45, 2.75) is 38.6 Å². The van der Waals surface area contributed by atoms with Crippen LogP contribution in [0.4, 0.5) is 11.5 Å². The Kier molecular flexibility index (Phi) is 4.34. The number of carbonyl (C=O) groups excluding carboxylic acids is 2. The minimum absolute atomic E-state index is 0.0103. The van der Waals surface area contributed by atoms with Crippen LogP contribution in [0.2, 0.25) is 0 Å². The summed E-state index contributed by atoms with van der Waals surface area (Å²) in [6, 6.07) is 11.4. The van der Waals surface area contributed by atoms with Crippen LogP contribution in [0.15, 0.2) is 42.6 Å². The molecule has 2 atom stereocenters. The summed E-state index contributed by atoms with van der Waals surface area (Å²) in [7, 11) is 1.89. The Morgan fingerprint density at radius 2 is 2.00 bits per heavy atom. The number of aromatic nitrogens is 1. The summed E-state index contributed by atoms with van der Waals surface area (Å²) in [6.45, 7) is 7.55. The highest BCUT2D eigenvalue weighted by Crippen LogP contribution is 2.47. The summed E-state index contributed by atoms with van der Waals surface area (Å²) in [4.78, 5) is 28.3. The van der Waals surface area contributed by atoms with E-state index in [0.717, 1.165) is 17.1 Å². The number of amides is 2. The lowest BCUT2D eigenvalue weighted by Crippen LogP contribution is -2.44. The molecule has 2 amide bonds. The zero-order valence-corrected chi connectivity index (χ0v) is 17.0. The summed E-state index contributed by atoms with van der Waals surface area (Å²) >= 11 is 0. The maximum atomic E-state index is 13.6. The van der Waals surface area contributed by atoms with Gasteiger partial charge in [0.15, 0.2) is 0 Å². The van der Waals surface area contributed by atoms with Crippen LogP contribution in [0.5, 0.6) is 0 Å². The first kappa shape index (κ1) is 18.7. The van der Waals surface area contributed by atoms with E-state index in [1.165, 1.54) is 0 Å². The number of rotatable bonds is 3. The molecule has 4 rings (SSSR count). The van der Waals surface area contributed by atoms with Crippen LogP contribution in [-0.4, -0.2) is 35.5 Å². The van der Waals surface area contributed by atoms with E-state index >= 15 is 0 Å². The molecule has 2 aliphatic heterocycles. The monoisotopic (exact) mass is 380 g/mol. The maximum Gasteiger partial charge on any atom is 0.242 e. The second-order valence-corrected chi connectivity index (χ2v) is 9.18.